The van der Waals surface area contributed by atoms with Crippen LogP contribution in [0.5, 0.6) is 5.75 Å². The first-order valence-electron chi connectivity index (χ1n) is 9.37. The fourth-order valence-corrected chi connectivity index (χ4v) is 2.77. The average molecular weight is 378 g/mol. The van der Waals surface area contributed by atoms with Crippen LogP contribution in [0.3, 0.4) is 0 Å². The molecule has 0 saturated carbocycles. The minimum Gasteiger partial charge on any atom is -0.491 e. The van der Waals surface area contributed by atoms with Crippen LogP contribution in [-0.2, 0) is 6.42 Å². The molecule has 2 aromatic carbocycles. The number of hydrogen-bond donors (Lipinski definition) is 1. The zero-order valence-electron chi connectivity index (χ0n) is 16.3. The third-order valence-corrected chi connectivity index (χ3v) is 4.33. The van der Waals surface area contributed by atoms with Gasteiger partial charge in [-0.2, -0.15) is 5.10 Å². The molecule has 0 unspecified atom stereocenters. The normalized spacial score (nSPS) is 10.8. The van der Waals surface area contributed by atoms with E-state index < -0.39 is 0 Å². The van der Waals surface area contributed by atoms with Crippen molar-refractivity contribution >= 4 is 5.91 Å². The van der Waals surface area contributed by atoms with Gasteiger partial charge in [-0.25, -0.2) is 4.68 Å². The Hall–Kier alpha value is -3.12. The third-order valence-electron chi connectivity index (χ3n) is 4.33. The van der Waals surface area contributed by atoms with E-state index in [9.17, 15) is 4.79 Å². The number of amides is 1. The van der Waals surface area contributed by atoms with E-state index in [0.29, 0.717) is 24.5 Å². The van der Waals surface area contributed by atoms with E-state index in [1.807, 2.05) is 66.3 Å². The van der Waals surface area contributed by atoms with Crippen molar-refractivity contribution in [1.82, 2.24) is 20.0 Å². The molecule has 1 heterocycles. The lowest BCUT2D eigenvalue weighted by molar-refractivity contribution is 0.0949. The predicted octanol–water partition coefficient (Wildman–Crippen LogP) is 2.79. The van der Waals surface area contributed by atoms with Gasteiger partial charge in [0.1, 0.15) is 12.4 Å². The number of carbonyl (C=O) groups excluding carboxylic acids is 1. The van der Waals surface area contributed by atoms with Gasteiger partial charge in [-0.05, 0) is 56.4 Å². The number of ether oxygens (including phenoxy) is 1. The van der Waals surface area contributed by atoms with Crippen LogP contribution in [0, 0.1) is 0 Å². The van der Waals surface area contributed by atoms with Crippen LogP contribution in [0.2, 0.25) is 0 Å². The van der Waals surface area contributed by atoms with Gasteiger partial charge in [-0.1, -0.05) is 24.3 Å². The minimum atomic E-state index is -0.117. The summed E-state index contributed by atoms with van der Waals surface area (Å²) in [5.41, 5.74) is 2.74. The van der Waals surface area contributed by atoms with Crippen molar-refractivity contribution in [3.05, 3.63) is 78.1 Å². The molecule has 0 spiro atoms. The summed E-state index contributed by atoms with van der Waals surface area (Å²) in [6, 6.07) is 17.4. The van der Waals surface area contributed by atoms with Crippen molar-refractivity contribution in [2.24, 2.45) is 0 Å². The number of para-hydroxylation sites is 1. The van der Waals surface area contributed by atoms with Crippen LogP contribution in [-0.4, -0.2) is 54.4 Å². The first kappa shape index (κ1) is 19.6. The number of hydrogen-bond acceptors (Lipinski definition) is 4. The van der Waals surface area contributed by atoms with Crippen molar-refractivity contribution < 1.29 is 9.53 Å². The van der Waals surface area contributed by atoms with Gasteiger partial charge in [0.25, 0.3) is 5.91 Å². The molecule has 0 saturated heterocycles. The molecule has 0 radical (unpaired) electrons. The molecule has 6 heteroatoms. The summed E-state index contributed by atoms with van der Waals surface area (Å²) in [6.07, 6.45) is 4.42. The lowest BCUT2D eigenvalue weighted by Crippen LogP contribution is -2.26. The van der Waals surface area contributed by atoms with E-state index in [2.05, 4.69) is 22.5 Å². The Labute approximate surface area is 165 Å². The quantitative estimate of drug-likeness (QED) is 0.622. The standard InChI is InChI=1S/C22H26N4O2/c1-25(2)16-17-28-21-7-4-3-6-20(21)22(27)23-14-12-18-8-10-19(11-9-18)26-15-5-13-24-26/h3-11,13,15H,12,14,16-17H2,1-2H3,(H,23,27). The lowest BCUT2D eigenvalue weighted by atomic mass is 10.1. The lowest BCUT2D eigenvalue weighted by Gasteiger charge is -2.14. The van der Waals surface area contributed by atoms with Crippen LogP contribution in [0.1, 0.15) is 15.9 Å². The number of benzene rings is 2. The van der Waals surface area contributed by atoms with Gasteiger partial charge in [0, 0.05) is 25.5 Å². The van der Waals surface area contributed by atoms with Crippen molar-refractivity contribution in [3.63, 3.8) is 0 Å². The van der Waals surface area contributed by atoms with Gasteiger partial charge in [0.15, 0.2) is 0 Å². The van der Waals surface area contributed by atoms with Crippen LogP contribution in [0.4, 0.5) is 0 Å². The molecular weight excluding hydrogens is 352 g/mol. The van der Waals surface area contributed by atoms with Gasteiger partial charge in [0.05, 0.1) is 11.3 Å². The smallest absolute Gasteiger partial charge is 0.255 e. The average Bonchev–Trinajstić information content (AvgIpc) is 3.23. The fraction of sp³-hybridized carbons (Fsp3) is 0.273. The highest BCUT2D eigenvalue weighted by molar-refractivity contribution is 5.96. The Morgan fingerprint density at radius 2 is 1.89 bits per heavy atom. The number of nitrogens with zero attached hydrogens (tertiary/aromatic N) is 3. The van der Waals surface area contributed by atoms with E-state index >= 15 is 0 Å². The molecule has 0 aliphatic heterocycles. The summed E-state index contributed by atoms with van der Waals surface area (Å²) < 4.78 is 7.59. The fourth-order valence-electron chi connectivity index (χ4n) is 2.77. The van der Waals surface area contributed by atoms with Gasteiger partial charge in [-0.3, -0.25) is 4.79 Å². The molecule has 3 aromatic rings. The van der Waals surface area contributed by atoms with Gasteiger partial charge in [0.2, 0.25) is 0 Å². The second-order valence-electron chi connectivity index (χ2n) is 6.77. The maximum absolute atomic E-state index is 12.5. The third kappa shape index (κ3) is 5.44. The summed E-state index contributed by atoms with van der Waals surface area (Å²) >= 11 is 0. The molecular formula is C22H26N4O2. The van der Waals surface area contributed by atoms with E-state index in [1.54, 1.807) is 12.3 Å². The Bertz CT molecular complexity index is 874. The molecule has 0 atom stereocenters. The van der Waals surface area contributed by atoms with Gasteiger partial charge >= 0.3 is 0 Å². The van der Waals surface area contributed by atoms with E-state index in [-0.39, 0.29) is 5.91 Å². The molecule has 3 rings (SSSR count). The van der Waals surface area contributed by atoms with Crippen molar-refractivity contribution in [1.29, 1.82) is 0 Å². The Balaban J connectivity index is 1.52. The second-order valence-corrected chi connectivity index (χ2v) is 6.77. The first-order valence-corrected chi connectivity index (χ1v) is 9.37. The Morgan fingerprint density at radius 1 is 1.11 bits per heavy atom. The highest BCUT2D eigenvalue weighted by Crippen LogP contribution is 2.18. The number of carbonyl (C=O) groups is 1. The molecule has 28 heavy (non-hydrogen) atoms. The molecule has 0 bridgehead atoms. The van der Waals surface area contributed by atoms with Gasteiger partial charge < -0.3 is 15.0 Å². The summed E-state index contributed by atoms with van der Waals surface area (Å²) in [4.78, 5) is 14.6. The highest BCUT2D eigenvalue weighted by atomic mass is 16.5. The summed E-state index contributed by atoms with van der Waals surface area (Å²) in [5, 5.41) is 7.20. The molecule has 0 aliphatic carbocycles. The molecule has 1 N–H and O–H groups in total. The molecule has 1 amide bonds. The van der Waals surface area contributed by atoms with Crippen molar-refractivity contribution in [2.45, 2.75) is 6.42 Å². The summed E-state index contributed by atoms with van der Waals surface area (Å²) in [5.74, 6) is 0.499. The maximum Gasteiger partial charge on any atom is 0.255 e. The van der Waals surface area contributed by atoms with Gasteiger partial charge in [-0.15, -0.1) is 0 Å². The zero-order valence-corrected chi connectivity index (χ0v) is 16.3. The van der Waals surface area contributed by atoms with E-state index in [1.165, 1.54) is 0 Å². The van der Waals surface area contributed by atoms with Crippen LogP contribution in [0.15, 0.2) is 67.0 Å². The zero-order chi connectivity index (χ0) is 19.8. The molecule has 0 fully saturated rings. The molecule has 0 aliphatic rings. The molecule has 6 nitrogen and oxygen atoms in total. The Kier molecular flexibility index (Phi) is 6.81. The van der Waals surface area contributed by atoms with Crippen molar-refractivity contribution in [3.8, 4) is 11.4 Å². The molecule has 146 valence electrons. The number of aromatic nitrogens is 2. The molecule has 1 aromatic heterocycles. The monoisotopic (exact) mass is 378 g/mol. The van der Waals surface area contributed by atoms with Crippen molar-refractivity contribution in [2.75, 3.05) is 33.8 Å². The summed E-state index contributed by atoms with van der Waals surface area (Å²) in [7, 11) is 3.98. The topological polar surface area (TPSA) is 59.4 Å². The highest BCUT2D eigenvalue weighted by Gasteiger charge is 2.11. The number of rotatable bonds is 9. The minimum absolute atomic E-state index is 0.117. The van der Waals surface area contributed by atoms with Crippen LogP contribution >= 0.6 is 0 Å². The largest absolute Gasteiger partial charge is 0.491 e. The number of nitrogens with one attached hydrogen (secondary N) is 1. The SMILES string of the molecule is CN(C)CCOc1ccccc1C(=O)NCCc1ccc(-n2cccn2)cc1. The predicted molar refractivity (Wildman–Crippen MR) is 110 cm³/mol. The first-order chi connectivity index (χ1) is 13.6. The van der Waals surface area contributed by atoms with E-state index in [0.717, 1.165) is 24.2 Å². The maximum atomic E-state index is 12.5. The van der Waals surface area contributed by atoms with Crippen LogP contribution < -0.4 is 10.1 Å². The Morgan fingerprint density at radius 3 is 2.61 bits per heavy atom. The second kappa shape index (κ2) is 9.71. The van der Waals surface area contributed by atoms with Crippen LogP contribution in [0.25, 0.3) is 5.69 Å². The summed E-state index contributed by atoms with van der Waals surface area (Å²) in [6.45, 7) is 1.90. The number of likely N-dealkylation sites (N-methyl/N-ethyl adjacent to an activating group) is 1. The van der Waals surface area contributed by atoms with E-state index in [4.69, 9.17) is 4.74 Å².